The van der Waals surface area contributed by atoms with Gasteiger partial charge in [0.2, 0.25) is 5.91 Å². The first kappa shape index (κ1) is 22.5. The minimum absolute atomic E-state index is 0.00654. The van der Waals surface area contributed by atoms with Crippen LogP contribution in [-0.4, -0.2) is 35.4 Å². The molecule has 2 rings (SSSR count). The van der Waals surface area contributed by atoms with Gasteiger partial charge >= 0.3 is 0 Å². The Labute approximate surface area is 174 Å². The highest BCUT2D eigenvalue weighted by Crippen LogP contribution is 2.21. The Kier molecular flexibility index (Phi) is 7.82. The fourth-order valence-electron chi connectivity index (χ4n) is 3.10. The van der Waals surface area contributed by atoms with Crippen LogP contribution in [-0.2, 0) is 16.1 Å². The van der Waals surface area contributed by atoms with Crippen LogP contribution in [0.1, 0.15) is 43.0 Å². The summed E-state index contributed by atoms with van der Waals surface area (Å²) >= 11 is 0. The molecule has 0 fully saturated rings. The van der Waals surface area contributed by atoms with Crippen molar-refractivity contribution in [3.63, 3.8) is 0 Å². The fourth-order valence-corrected chi connectivity index (χ4v) is 3.10. The minimum atomic E-state index is -0.604. The number of nitrogens with zero attached hydrogens (tertiary/aromatic N) is 1. The summed E-state index contributed by atoms with van der Waals surface area (Å²) in [6.07, 6.45) is 0. The van der Waals surface area contributed by atoms with Crippen molar-refractivity contribution in [3.05, 3.63) is 64.7 Å². The summed E-state index contributed by atoms with van der Waals surface area (Å²) in [7, 11) is 0. The topological polar surface area (TPSA) is 58.6 Å². The van der Waals surface area contributed by atoms with Gasteiger partial charge < -0.3 is 15.0 Å². The number of rotatable bonds is 8. The Morgan fingerprint density at radius 1 is 1.03 bits per heavy atom. The van der Waals surface area contributed by atoms with Crippen LogP contribution in [0.3, 0.4) is 0 Å². The maximum absolute atomic E-state index is 13.1. The smallest absolute Gasteiger partial charge is 0.261 e. The van der Waals surface area contributed by atoms with E-state index in [1.165, 1.54) is 0 Å². The van der Waals surface area contributed by atoms with Gasteiger partial charge in [0, 0.05) is 12.6 Å². The third-order valence-corrected chi connectivity index (χ3v) is 4.94. The lowest BCUT2D eigenvalue weighted by Gasteiger charge is -2.29. The second kappa shape index (κ2) is 10.1. The molecule has 2 amide bonds. The van der Waals surface area contributed by atoms with Crippen LogP contribution in [0, 0.1) is 20.8 Å². The van der Waals surface area contributed by atoms with Gasteiger partial charge in [0.1, 0.15) is 11.8 Å². The minimum Gasteiger partial charge on any atom is -0.483 e. The van der Waals surface area contributed by atoms with E-state index < -0.39 is 6.04 Å². The molecule has 0 saturated carbocycles. The molecule has 0 aliphatic carbocycles. The molecule has 0 bridgehead atoms. The van der Waals surface area contributed by atoms with Crippen LogP contribution in [0.2, 0.25) is 0 Å². The van der Waals surface area contributed by atoms with Gasteiger partial charge in [-0.3, -0.25) is 9.59 Å². The Hall–Kier alpha value is -2.82. The predicted molar refractivity (Wildman–Crippen MR) is 116 cm³/mol. The molecule has 0 heterocycles. The molecule has 1 atom stereocenters. The van der Waals surface area contributed by atoms with E-state index in [2.05, 4.69) is 5.32 Å². The monoisotopic (exact) mass is 396 g/mol. The third-order valence-electron chi connectivity index (χ3n) is 4.94. The van der Waals surface area contributed by atoms with Crippen LogP contribution in [0.15, 0.2) is 42.5 Å². The van der Waals surface area contributed by atoms with Crippen LogP contribution in [0.25, 0.3) is 0 Å². The van der Waals surface area contributed by atoms with Gasteiger partial charge in [-0.2, -0.15) is 0 Å². The number of nitrogens with one attached hydrogen (secondary N) is 1. The van der Waals surface area contributed by atoms with Gasteiger partial charge in [-0.05, 0) is 64.3 Å². The zero-order chi connectivity index (χ0) is 21.6. The van der Waals surface area contributed by atoms with Crippen molar-refractivity contribution in [1.82, 2.24) is 10.2 Å². The lowest BCUT2D eigenvalue weighted by Crippen LogP contribution is -2.50. The number of amides is 2. The second-order valence-electron chi connectivity index (χ2n) is 7.84. The number of hydrogen-bond donors (Lipinski definition) is 1. The fraction of sp³-hybridized carbons (Fsp3) is 0.417. The van der Waals surface area contributed by atoms with Crippen molar-refractivity contribution in [1.29, 1.82) is 0 Å². The first-order valence-electron chi connectivity index (χ1n) is 10.0. The summed E-state index contributed by atoms with van der Waals surface area (Å²) in [5, 5.41) is 2.89. The SMILES string of the molecule is Cc1cccc(CN(C(=O)COc2cccc(C)c2C)[C@H](C)C(=O)NC(C)C)c1. The van der Waals surface area contributed by atoms with Gasteiger partial charge in [-0.1, -0.05) is 42.0 Å². The molecule has 0 radical (unpaired) electrons. The number of ether oxygens (including phenoxy) is 1. The summed E-state index contributed by atoms with van der Waals surface area (Å²) in [5.41, 5.74) is 4.21. The zero-order valence-electron chi connectivity index (χ0n) is 18.3. The zero-order valence-corrected chi connectivity index (χ0v) is 18.3. The Morgan fingerprint density at radius 3 is 2.38 bits per heavy atom. The van der Waals surface area contributed by atoms with E-state index in [-0.39, 0.29) is 24.5 Å². The molecule has 1 N–H and O–H groups in total. The van der Waals surface area contributed by atoms with Gasteiger partial charge in [0.25, 0.3) is 5.91 Å². The van der Waals surface area contributed by atoms with E-state index in [1.807, 2.05) is 77.1 Å². The van der Waals surface area contributed by atoms with Crippen molar-refractivity contribution < 1.29 is 14.3 Å². The molecule has 0 spiro atoms. The molecule has 0 aromatic heterocycles. The summed E-state index contributed by atoms with van der Waals surface area (Å²) in [5.74, 6) is 0.291. The highest BCUT2D eigenvalue weighted by molar-refractivity contribution is 5.88. The van der Waals surface area contributed by atoms with Gasteiger partial charge in [-0.15, -0.1) is 0 Å². The molecular formula is C24H32N2O3. The number of aryl methyl sites for hydroxylation is 2. The van der Waals surface area contributed by atoms with Crippen molar-refractivity contribution in [2.24, 2.45) is 0 Å². The number of carbonyl (C=O) groups is 2. The molecule has 2 aromatic rings. The van der Waals surface area contributed by atoms with Gasteiger partial charge in [0.15, 0.2) is 6.61 Å². The average Bonchev–Trinajstić information content (AvgIpc) is 2.66. The highest BCUT2D eigenvalue weighted by Gasteiger charge is 2.27. The summed E-state index contributed by atoms with van der Waals surface area (Å²) in [6.45, 7) is 11.8. The number of hydrogen-bond acceptors (Lipinski definition) is 3. The molecule has 5 heteroatoms. The lowest BCUT2D eigenvalue weighted by molar-refractivity contribution is -0.142. The number of carbonyl (C=O) groups excluding carboxylic acids is 2. The molecule has 0 unspecified atom stereocenters. The van der Waals surface area contributed by atoms with E-state index in [9.17, 15) is 9.59 Å². The number of benzene rings is 2. The van der Waals surface area contributed by atoms with E-state index in [0.29, 0.717) is 12.3 Å². The molecule has 29 heavy (non-hydrogen) atoms. The highest BCUT2D eigenvalue weighted by atomic mass is 16.5. The molecule has 0 saturated heterocycles. The molecule has 0 aliphatic rings. The van der Waals surface area contributed by atoms with Crippen molar-refractivity contribution in [2.75, 3.05) is 6.61 Å². The largest absolute Gasteiger partial charge is 0.483 e. The maximum Gasteiger partial charge on any atom is 0.261 e. The third kappa shape index (κ3) is 6.34. The molecule has 5 nitrogen and oxygen atoms in total. The van der Waals surface area contributed by atoms with Crippen LogP contribution in [0.5, 0.6) is 5.75 Å². The van der Waals surface area contributed by atoms with Crippen LogP contribution < -0.4 is 10.1 Å². The van der Waals surface area contributed by atoms with Crippen LogP contribution in [0.4, 0.5) is 0 Å². The molecule has 156 valence electrons. The first-order valence-corrected chi connectivity index (χ1v) is 10.0. The molecule has 2 aromatic carbocycles. The standard InChI is InChI=1S/C24H32N2O3/c1-16(2)25-24(28)20(6)26(14-21-11-7-9-17(3)13-21)23(27)15-29-22-12-8-10-18(4)19(22)5/h7-13,16,20H,14-15H2,1-6H3,(H,25,28)/t20-/m1/s1. The second-order valence-corrected chi connectivity index (χ2v) is 7.84. The van der Waals surface area contributed by atoms with Crippen LogP contribution >= 0.6 is 0 Å². The van der Waals surface area contributed by atoms with E-state index in [1.54, 1.807) is 11.8 Å². The van der Waals surface area contributed by atoms with E-state index >= 15 is 0 Å². The Balaban J connectivity index is 2.19. The summed E-state index contributed by atoms with van der Waals surface area (Å²) < 4.78 is 5.81. The first-order chi connectivity index (χ1) is 13.7. The van der Waals surface area contributed by atoms with Crippen molar-refractivity contribution in [3.8, 4) is 5.75 Å². The summed E-state index contributed by atoms with van der Waals surface area (Å²) in [4.78, 5) is 27.2. The van der Waals surface area contributed by atoms with E-state index in [0.717, 1.165) is 22.3 Å². The maximum atomic E-state index is 13.1. The Bertz CT molecular complexity index is 861. The van der Waals surface area contributed by atoms with Gasteiger partial charge in [0.05, 0.1) is 0 Å². The normalized spacial score (nSPS) is 11.8. The molecular weight excluding hydrogens is 364 g/mol. The average molecular weight is 397 g/mol. The van der Waals surface area contributed by atoms with Crippen molar-refractivity contribution >= 4 is 11.8 Å². The molecule has 0 aliphatic heterocycles. The van der Waals surface area contributed by atoms with Crippen molar-refractivity contribution in [2.45, 2.75) is 60.2 Å². The summed E-state index contributed by atoms with van der Waals surface area (Å²) in [6, 6.07) is 13.1. The predicted octanol–water partition coefficient (Wildman–Crippen LogP) is 3.93. The lowest BCUT2D eigenvalue weighted by atomic mass is 10.1. The van der Waals surface area contributed by atoms with E-state index in [4.69, 9.17) is 4.74 Å². The quantitative estimate of drug-likeness (QED) is 0.735. The van der Waals surface area contributed by atoms with Gasteiger partial charge in [-0.25, -0.2) is 0 Å². The Morgan fingerprint density at radius 2 is 1.72 bits per heavy atom.